The second kappa shape index (κ2) is 7.82. The Balaban J connectivity index is 2.16. The molecule has 104 valence electrons. The molecule has 2 amide bonds. The summed E-state index contributed by atoms with van der Waals surface area (Å²) in [5.41, 5.74) is 0. The Morgan fingerprint density at radius 2 is 1.89 bits per heavy atom. The van der Waals surface area contributed by atoms with Crippen molar-refractivity contribution in [3.8, 4) is 0 Å². The maximum Gasteiger partial charge on any atom is 0.242 e. The van der Waals surface area contributed by atoms with Crippen molar-refractivity contribution in [2.45, 2.75) is 57.6 Å². The number of amides is 2. The van der Waals surface area contributed by atoms with E-state index in [1.165, 1.54) is 35.9 Å². The topological polar surface area (TPSA) is 37.4 Å². The van der Waals surface area contributed by atoms with Gasteiger partial charge in [0.2, 0.25) is 11.8 Å². The lowest BCUT2D eigenvalue weighted by molar-refractivity contribution is -0.138. The van der Waals surface area contributed by atoms with Crippen LogP contribution in [0.15, 0.2) is 0 Å². The van der Waals surface area contributed by atoms with Gasteiger partial charge in [0.25, 0.3) is 0 Å². The zero-order valence-corrected chi connectivity index (χ0v) is 12.6. The van der Waals surface area contributed by atoms with E-state index in [2.05, 4.69) is 13.8 Å². The summed E-state index contributed by atoms with van der Waals surface area (Å²) in [6.07, 6.45) is 8.10. The first-order valence-corrected chi connectivity index (χ1v) is 8.22. The number of carbonyl (C=O) groups excluding carboxylic acids is 2. The van der Waals surface area contributed by atoms with E-state index in [-0.39, 0.29) is 17.1 Å². The molecule has 0 aromatic heterocycles. The van der Waals surface area contributed by atoms with Crippen LogP contribution in [0, 0.1) is 5.92 Å². The Labute approximate surface area is 115 Å². The standard InChI is InChI=1S/C14H25NO2S/c1-11(2)8-6-4-5-7-9-15-13(16)10-12(18-3)14(15)17/h11-12H,4-10H2,1-3H3. The summed E-state index contributed by atoms with van der Waals surface area (Å²) in [7, 11) is 0. The molecule has 0 aromatic carbocycles. The molecule has 1 rings (SSSR count). The predicted octanol–water partition coefficient (Wildman–Crippen LogP) is 3.08. The van der Waals surface area contributed by atoms with Crippen molar-refractivity contribution in [3.63, 3.8) is 0 Å². The number of likely N-dealkylation sites (tertiary alicyclic amines) is 1. The minimum Gasteiger partial charge on any atom is -0.282 e. The van der Waals surface area contributed by atoms with Crippen molar-refractivity contribution in [1.29, 1.82) is 0 Å². The van der Waals surface area contributed by atoms with Gasteiger partial charge < -0.3 is 0 Å². The van der Waals surface area contributed by atoms with Crippen molar-refractivity contribution < 1.29 is 9.59 Å². The molecule has 1 saturated heterocycles. The van der Waals surface area contributed by atoms with Crippen molar-refractivity contribution in [2.24, 2.45) is 5.92 Å². The van der Waals surface area contributed by atoms with Gasteiger partial charge >= 0.3 is 0 Å². The van der Waals surface area contributed by atoms with Gasteiger partial charge in [-0.2, -0.15) is 11.8 Å². The summed E-state index contributed by atoms with van der Waals surface area (Å²) in [5, 5.41) is -0.126. The van der Waals surface area contributed by atoms with Crippen LogP contribution in [-0.4, -0.2) is 34.8 Å². The smallest absolute Gasteiger partial charge is 0.242 e. The van der Waals surface area contributed by atoms with E-state index in [4.69, 9.17) is 0 Å². The first-order chi connectivity index (χ1) is 8.56. The number of unbranched alkanes of at least 4 members (excludes halogenated alkanes) is 3. The quantitative estimate of drug-likeness (QED) is 0.503. The van der Waals surface area contributed by atoms with E-state index >= 15 is 0 Å². The molecule has 0 aromatic rings. The van der Waals surface area contributed by atoms with Gasteiger partial charge in [0.05, 0.1) is 5.25 Å². The van der Waals surface area contributed by atoms with E-state index in [0.717, 1.165) is 18.8 Å². The van der Waals surface area contributed by atoms with Crippen molar-refractivity contribution in [2.75, 3.05) is 12.8 Å². The number of rotatable bonds is 8. The van der Waals surface area contributed by atoms with Gasteiger partial charge in [-0.25, -0.2) is 0 Å². The summed E-state index contributed by atoms with van der Waals surface area (Å²) in [4.78, 5) is 25.0. The molecule has 1 aliphatic heterocycles. The van der Waals surface area contributed by atoms with Gasteiger partial charge in [-0.05, 0) is 18.6 Å². The fraction of sp³-hybridized carbons (Fsp3) is 0.857. The SMILES string of the molecule is CSC1CC(=O)N(CCCCCCC(C)C)C1=O. The van der Waals surface area contributed by atoms with Gasteiger partial charge in [0.1, 0.15) is 0 Å². The number of hydrogen-bond donors (Lipinski definition) is 0. The third kappa shape index (κ3) is 4.63. The summed E-state index contributed by atoms with van der Waals surface area (Å²) in [6, 6.07) is 0. The lowest BCUT2D eigenvalue weighted by Gasteiger charge is -2.14. The normalized spacial score (nSPS) is 20.2. The molecule has 1 fully saturated rings. The molecule has 0 aliphatic carbocycles. The summed E-state index contributed by atoms with van der Waals surface area (Å²) < 4.78 is 0. The highest BCUT2D eigenvalue weighted by atomic mass is 32.2. The maximum atomic E-state index is 11.8. The van der Waals surface area contributed by atoms with Crippen LogP contribution in [0.1, 0.15) is 52.4 Å². The van der Waals surface area contributed by atoms with Gasteiger partial charge in [-0.15, -0.1) is 0 Å². The van der Waals surface area contributed by atoms with E-state index in [1.54, 1.807) is 0 Å². The number of nitrogens with zero attached hydrogens (tertiary/aromatic N) is 1. The predicted molar refractivity (Wildman–Crippen MR) is 76.6 cm³/mol. The van der Waals surface area contributed by atoms with Crippen LogP contribution in [0.3, 0.4) is 0 Å². The molecule has 0 saturated carbocycles. The highest BCUT2D eigenvalue weighted by Crippen LogP contribution is 2.23. The molecule has 0 bridgehead atoms. The lowest BCUT2D eigenvalue weighted by Crippen LogP contribution is -2.32. The Kier molecular flexibility index (Phi) is 6.76. The number of carbonyl (C=O) groups is 2. The minimum atomic E-state index is -0.126. The minimum absolute atomic E-state index is 0.0153. The largest absolute Gasteiger partial charge is 0.282 e. The lowest BCUT2D eigenvalue weighted by atomic mass is 10.0. The van der Waals surface area contributed by atoms with Crippen LogP contribution in [0.4, 0.5) is 0 Å². The maximum absolute atomic E-state index is 11.8. The van der Waals surface area contributed by atoms with E-state index < -0.39 is 0 Å². The second-order valence-corrected chi connectivity index (χ2v) is 6.45. The molecular weight excluding hydrogens is 246 g/mol. The summed E-state index contributed by atoms with van der Waals surface area (Å²) in [6.45, 7) is 5.10. The Hall–Kier alpha value is -0.510. The van der Waals surface area contributed by atoms with Crippen LogP contribution in [-0.2, 0) is 9.59 Å². The van der Waals surface area contributed by atoms with E-state index in [0.29, 0.717) is 13.0 Å². The van der Waals surface area contributed by atoms with Crippen LogP contribution in [0.5, 0.6) is 0 Å². The third-order valence-electron chi connectivity index (χ3n) is 3.40. The Morgan fingerprint density at radius 1 is 1.22 bits per heavy atom. The molecule has 1 unspecified atom stereocenters. The molecule has 0 radical (unpaired) electrons. The summed E-state index contributed by atoms with van der Waals surface area (Å²) >= 11 is 1.49. The number of imide groups is 1. The highest BCUT2D eigenvalue weighted by Gasteiger charge is 2.37. The molecule has 1 aliphatic rings. The fourth-order valence-electron chi connectivity index (χ4n) is 2.25. The van der Waals surface area contributed by atoms with Gasteiger partial charge in [-0.1, -0.05) is 39.5 Å². The monoisotopic (exact) mass is 271 g/mol. The molecule has 0 N–H and O–H groups in total. The van der Waals surface area contributed by atoms with Crippen LogP contribution >= 0.6 is 11.8 Å². The molecule has 0 spiro atoms. The van der Waals surface area contributed by atoms with Crippen LogP contribution in [0.25, 0.3) is 0 Å². The third-order valence-corrected chi connectivity index (χ3v) is 4.34. The van der Waals surface area contributed by atoms with Gasteiger partial charge in [-0.3, -0.25) is 14.5 Å². The Bertz CT molecular complexity index is 292. The second-order valence-electron chi connectivity index (χ2n) is 5.41. The van der Waals surface area contributed by atoms with Crippen molar-refractivity contribution in [1.82, 2.24) is 4.90 Å². The van der Waals surface area contributed by atoms with Crippen molar-refractivity contribution in [3.05, 3.63) is 0 Å². The van der Waals surface area contributed by atoms with Gasteiger partial charge in [0, 0.05) is 13.0 Å². The zero-order chi connectivity index (χ0) is 13.5. The zero-order valence-electron chi connectivity index (χ0n) is 11.8. The molecular formula is C14H25NO2S. The molecule has 3 nitrogen and oxygen atoms in total. The van der Waals surface area contributed by atoms with E-state index in [1.807, 2.05) is 6.26 Å². The van der Waals surface area contributed by atoms with Crippen LogP contribution in [0.2, 0.25) is 0 Å². The molecule has 18 heavy (non-hydrogen) atoms. The fourth-order valence-corrected chi connectivity index (χ4v) is 2.89. The average Bonchev–Trinajstić information content (AvgIpc) is 2.59. The van der Waals surface area contributed by atoms with Gasteiger partial charge in [0.15, 0.2) is 0 Å². The molecule has 4 heteroatoms. The first-order valence-electron chi connectivity index (χ1n) is 6.93. The molecule has 1 heterocycles. The summed E-state index contributed by atoms with van der Waals surface area (Å²) in [5.74, 6) is 0.810. The number of hydrogen-bond acceptors (Lipinski definition) is 3. The molecule has 1 atom stereocenters. The average molecular weight is 271 g/mol. The van der Waals surface area contributed by atoms with Crippen LogP contribution < -0.4 is 0 Å². The highest BCUT2D eigenvalue weighted by molar-refractivity contribution is 8.00. The number of thioether (sulfide) groups is 1. The van der Waals surface area contributed by atoms with Crippen molar-refractivity contribution >= 4 is 23.6 Å². The first kappa shape index (κ1) is 15.5. The Morgan fingerprint density at radius 3 is 2.44 bits per heavy atom. The van der Waals surface area contributed by atoms with E-state index in [9.17, 15) is 9.59 Å².